The van der Waals surface area contributed by atoms with Crippen molar-refractivity contribution in [3.05, 3.63) is 58.5 Å². The molecule has 0 saturated heterocycles. The van der Waals surface area contributed by atoms with Crippen LogP contribution in [-0.2, 0) is 33.3 Å². The Morgan fingerprint density at radius 2 is 1.69 bits per heavy atom. The molecule has 2 bridgehead atoms. The summed E-state index contributed by atoms with van der Waals surface area (Å²) in [7, 11) is 4.45. The van der Waals surface area contributed by atoms with Crippen molar-refractivity contribution in [2.75, 3.05) is 21.3 Å². The molecule has 2 amide bonds. The summed E-state index contributed by atoms with van der Waals surface area (Å²) in [6.07, 6.45) is 5.40. The van der Waals surface area contributed by atoms with Crippen LogP contribution in [0.15, 0.2) is 58.5 Å². The van der Waals surface area contributed by atoms with Gasteiger partial charge in [-0.15, -0.1) is 0 Å². The fraction of sp³-hybridized carbons (Fsp3) is 0.481. The minimum Gasteiger partial charge on any atom is -0.437 e. The maximum Gasteiger partial charge on any atom is 0.405 e. The fourth-order valence-electron chi connectivity index (χ4n) is 4.36. The van der Waals surface area contributed by atoms with Crippen LogP contribution >= 0.6 is 0 Å². The molecule has 0 spiro atoms. The van der Waals surface area contributed by atoms with Gasteiger partial charge in [-0.3, -0.25) is 20.2 Å². The maximum absolute atomic E-state index is 13.2. The van der Waals surface area contributed by atoms with Gasteiger partial charge in [-0.1, -0.05) is 18.2 Å². The molecule has 0 fully saturated rings. The summed E-state index contributed by atoms with van der Waals surface area (Å²) in [5.74, 6) is 4.28. The number of Topliss-reactive ketones (excluding diaryl/α,β-unsaturated/α-hetero) is 1. The second-order valence-electron chi connectivity index (χ2n) is 9.16. The second-order valence-corrected chi connectivity index (χ2v) is 9.16. The van der Waals surface area contributed by atoms with Gasteiger partial charge in [0.05, 0.1) is 23.6 Å². The van der Waals surface area contributed by atoms with E-state index in [2.05, 4.69) is 10.7 Å². The van der Waals surface area contributed by atoms with E-state index < -0.39 is 41.9 Å². The van der Waals surface area contributed by atoms with E-state index in [4.69, 9.17) is 30.5 Å². The molecule has 214 valence electrons. The average Bonchev–Trinajstić information content (AvgIpc) is 2.90. The molecule has 0 aromatic heterocycles. The highest BCUT2D eigenvalue weighted by atomic mass is 16.6. The lowest BCUT2D eigenvalue weighted by Crippen LogP contribution is -2.43. The van der Waals surface area contributed by atoms with Gasteiger partial charge in [0.2, 0.25) is 5.78 Å². The average molecular weight is 547 g/mol. The summed E-state index contributed by atoms with van der Waals surface area (Å²) >= 11 is 0. The molecule has 39 heavy (non-hydrogen) atoms. The van der Waals surface area contributed by atoms with Gasteiger partial charge in [0.15, 0.2) is 11.9 Å². The van der Waals surface area contributed by atoms with Crippen molar-refractivity contribution in [1.29, 1.82) is 0 Å². The zero-order chi connectivity index (χ0) is 29.1. The molecule has 1 aliphatic heterocycles. The van der Waals surface area contributed by atoms with E-state index in [-0.39, 0.29) is 22.9 Å². The van der Waals surface area contributed by atoms with Crippen LogP contribution in [0, 0.1) is 0 Å². The lowest BCUT2D eigenvalue weighted by Gasteiger charge is -2.28. The van der Waals surface area contributed by atoms with E-state index in [0.29, 0.717) is 37.0 Å². The summed E-state index contributed by atoms with van der Waals surface area (Å²) in [6.45, 7) is 3.27. The first-order chi connectivity index (χ1) is 18.6. The Labute approximate surface area is 228 Å². The lowest BCUT2D eigenvalue weighted by molar-refractivity contribution is -0.120. The predicted octanol–water partition coefficient (Wildman–Crippen LogP) is 1.39. The highest BCUT2D eigenvalue weighted by Crippen LogP contribution is 2.24. The molecule has 4 atom stereocenters. The van der Waals surface area contributed by atoms with Gasteiger partial charge in [-0.05, 0) is 51.2 Å². The Morgan fingerprint density at radius 1 is 0.974 bits per heavy atom. The fourth-order valence-corrected chi connectivity index (χ4v) is 4.36. The molecule has 6 N–H and O–H groups in total. The zero-order valence-electron chi connectivity index (χ0n) is 22.9. The summed E-state index contributed by atoms with van der Waals surface area (Å²) in [5, 5.41) is 2.53. The third-order valence-corrected chi connectivity index (χ3v) is 6.56. The molecule has 12 nitrogen and oxygen atoms in total. The molecule has 0 radical (unpaired) electrons. The Bertz CT molecular complexity index is 1110. The number of primary amides is 1. The van der Waals surface area contributed by atoms with Gasteiger partial charge in [0.1, 0.15) is 6.10 Å². The van der Waals surface area contributed by atoms with E-state index in [1.165, 1.54) is 26.4 Å². The molecule has 1 aliphatic carbocycles. The molecule has 2 rings (SSSR count). The molecular formula is C27H38N4O8. The first-order valence-corrected chi connectivity index (χ1v) is 12.5. The van der Waals surface area contributed by atoms with Crippen molar-refractivity contribution in [3.63, 3.8) is 0 Å². The Morgan fingerprint density at radius 3 is 2.28 bits per heavy atom. The number of rotatable bonds is 5. The summed E-state index contributed by atoms with van der Waals surface area (Å²) in [6, 6.07) is 0. The number of methoxy groups -OCH3 is 3. The second kappa shape index (κ2) is 15.1. The third kappa shape index (κ3) is 8.72. The van der Waals surface area contributed by atoms with E-state index >= 15 is 0 Å². The number of hydrogen-bond acceptors (Lipinski definition) is 10. The summed E-state index contributed by atoms with van der Waals surface area (Å²) < 4.78 is 22.1. The molecule has 0 aromatic rings. The van der Waals surface area contributed by atoms with Crippen LogP contribution < -0.4 is 22.3 Å². The number of fused-ring (bicyclic) bond motifs is 2. The van der Waals surface area contributed by atoms with Crippen LogP contribution in [0.2, 0.25) is 0 Å². The monoisotopic (exact) mass is 546 g/mol. The lowest BCUT2D eigenvalue weighted by atomic mass is 9.92. The number of ether oxygens (including phenoxy) is 4. The smallest absolute Gasteiger partial charge is 0.405 e. The number of nitrogens with two attached hydrogens (primary N) is 2. The number of carbonyl (C=O) groups excluding carboxylic acids is 4. The van der Waals surface area contributed by atoms with Gasteiger partial charge in [-0.25, -0.2) is 4.79 Å². The highest BCUT2D eigenvalue weighted by molar-refractivity contribution is 6.22. The summed E-state index contributed by atoms with van der Waals surface area (Å²) in [5.41, 5.74) is 9.12. The van der Waals surface area contributed by atoms with Gasteiger partial charge in [-0.2, -0.15) is 0 Å². The van der Waals surface area contributed by atoms with Crippen molar-refractivity contribution in [1.82, 2.24) is 10.7 Å². The molecule has 1 heterocycles. The van der Waals surface area contributed by atoms with E-state index in [1.807, 2.05) is 0 Å². The Kier molecular flexibility index (Phi) is 12.3. The molecular weight excluding hydrogens is 508 g/mol. The van der Waals surface area contributed by atoms with Crippen molar-refractivity contribution in [2.45, 2.75) is 63.9 Å². The molecule has 0 aromatic carbocycles. The first kappa shape index (κ1) is 31.6. The van der Waals surface area contributed by atoms with Crippen molar-refractivity contribution in [3.8, 4) is 0 Å². The number of amides is 2. The number of hydrazine groups is 1. The van der Waals surface area contributed by atoms with Gasteiger partial charge in [0.25, 0.3) is 5.91 Å². The highest BCUT2D eigenvalue weighted by Gasteiger charge is 2.31. The topological polar surface area (TPSA) is 181 Å². The number of carbonyl (C=O) groups is 4. The maximum atomic E-state index is 13.2. The van der Waals surface area contributed by atoms with E-state index in [1.54, 1.807) is 33.1 Å². The zero-order valence-corrected chi connectivity index (χ0v) is 22.9. The summed E-state index contributed by atoms with van der Waals surface area (Å²) in [4.78, 5) is 50.2. The Balaban J connectivity index is 2.55. The van der Waals surface area contributed by atoms with Crippen LogP contribution in [0.5, 0.6) is 0 Å². The van der Waals surface area contributed by atoms with Crippen LogP contribution in [0.25, 0.3) is 0 Å². The van der Waals surface area contributed by atoms with Crippen LogP contribution in [-0.4, -0.2) is 69.3 Å². The number of hydrogen-bond donors (Lipinski definition) is 4. The minimum absolute atomic E-state index is 0.133. The molecule has 4 unspecified atom stereocenters. The third-order valence-electron chi connectivity index (χ3n) is 6.56. The SMILES string of the molecule is COC1CC/C=C(\NN)C(OC(N)=O)C(OC)/C(C)=C\C=C(/C)C(=O)NC2=CC(=O)C=C(C2=O)C(OC)CC1. The van der Waals surface area contributed by atoms with Gasteiger partial charge in [0, 0.05) is 38.6 Å². The normalized spacial score (nSPS) is 29.9. The van der Waals surface area contributed by atoms with E-state index in [9.17, 15) is 19.2 Å². The minimum atomic E-state index is -1.02. The van der Waals surface area contributed by atoms with Gasteiger partial charge >= 0.3 is 6.09 Å². The number of ketones is 2. The van der Waals surface area contributed by atoms with Crippen molar-refractivity contribution < 1.29 is 38.1 Å². The Hall–Kier alpha value is -3.58. The number of nitrogens with one attached hydrogen (secondary N) is 2. The van der Waals surface area contributed by atoms with Crippen molar-refractivity contribution in [2.24, 2.45) is 11.6 Å². The molecule has 2 aliphatic rings. The van der Waals surface area contributed by atoms with Crippen LogP contribution in [0.3, 0.4) is 0 Å². The van der Waals surface area contributed by atoms with Crippen molar-refractivity contribution >= 4 is 23.6 Å². The molecule has 0 saturated carbocycles. The number of allylic oxidation sites excluding steroid dienone is 6. The first-order valence-electron chi connectivity index (χ1n) is 12.5. The molecule has 12 heteroatoms. The standard InChI is InChI=1S/C27H38N4O8/c1-15-9-10-16(2)26(34)30-21-14-17(32)13-19(23(21)33)22(37-4)12-11-18(36-3)7-6-8-20(31-29)25(24(15)38-5)39-27(28)35/h8-10,13-14,18,22,24-25,31H,6-7,11-12,29H2,1-5H3,(H2,28,35)(H,30,34)/b15-9-,16-10+,20-8-. The largest absolute Gasteiger partial charge is 0.437 e. The van der Waals surface area contributed by atoms with E-state index in [0.717, 1.165) is 6.08 Å². The van der Waals surface area contributed by atoms with Gasteiger partial charge < -0.3 is 35.4 Å². The quantitative estimate of drug-likeness (QED) is 0.223. The van der Waals surface area contributed by atoms with Crippen LogP contribution in [0.1, 0.15) is 39.5 Å². The predicted molar refractivity (Wildman–Crippen MR) is 143 cm³/mol. The van der Waals surface area contributed by atoms with Crippen LogP contribution in [0.4, 0.5) is 4.79 Å².